The molecule has 0 saturated heterocycles. The second-order valence-corrected chi connectivity index (χ2v) is 4.33. The molecule has 0 aliphatic carbocycles. The molecule has 0 unspecified atom stereocenters. The van der Waals surface area contributed by atoms with Gasteiger partial charge in [0.25, 0.3) is 0 Å². The number of fused-ring (bicyclic) bond motifs is 1. The Kier molecular flexibility index (Phi) is 4.53. The average Bonchev–Trinajstić information content (AvgIpc) is 2.54. The summed E-state index contributed by atoms with van der Waals surface area (Å²) in [4.78, 5) is 14.5. The molecule has 0 radical (unpaired) electrons. The van der Waals surface area contributed by atoms with Gasteiger partial charge in [-0.1, -0.05) is 11.8 Å². The predicted molar refractivity (Wildman–Crippen MR) is 66.2 cm³/mol. The summed E-state index contributed by atoms with van der Waals surface area (Å²) in [6.45, 7) is 0. The number of carboxylic acids is 1. The summed E-state index contributed by atoms with van der Waals surface area (Å²) in [5.41, 5.74) is 0.732. The zero-order valence-corrected chi connectivity index (χ0v) is 10.8. The molecule has 0 bridgehead atoms. The summed E-state index contributed by atoms with van der Waals surface area (Å²) in [6.07, 6.45) is 0. The zero-order chi connectivity index (χ0) is 12.6. The van der Waals surface area contributed by atoms with Crippen molar-refractivity contribution in [3.8, 4) is 0 Å². The number of hydrogen-bond donors (Lipinski definition) is 1. The summed E-state index contributed by atoms with van der Waals surface area (Å²) < 4.78 is 27.5. The monoisotopic (exact) mass is 294 g/mol. The van der Waals surface area contributed by atoms with Crippen molar-refractivity contribution in [1.29, 1.82) is 0 Å². The fourth-order valence-corrected chi connectivity index (χ4v) is 2.13. The van der Waals surface area contributed by atoms with Gasteiger partial charge in [-0.3, -0.25) is 4.79 Å². The van der Waals surface area contributed by atoms with Crippen LogP contribution in [0.1, 0.15) is 0 Å². The Labute approximate surface area is 111 Å². The smallest absolute Gasteiger partial charge is 0.313 e. The molecular formula is C10H9ClF2N2O2S. The second kappa shape index (κ2) is 5.53. The van der Waals surface area contributed by atoms with Crippen LogP contribution in [0.15, 0.2) is 17.3 Å². The molecule has 0 spiro atoms. The lowest BCUT2D eigenvalue weighted by molar-refractivity contribution is -0.133. The van der Waals surface area contributed by atoms with Crippen molar-refractivity contribution in [2.24, 2.45) is 7.05 Å². The van der Waals surface area contributed by atoms with Gasteiger partial charge in [-0.2, -0.15) is 0 Å². The number of rotatable bonds is 3. The van der Waals surface area contributed by atoms with E-state index in [1.54, 1.807) is 7.05 Å². The topological polar surface area (TPSA) is 55.1 Å². The molecule has 0 amide bonds. The van der Waals surface area contributed by atoms with E-state index in [1.807, 2.05) is 0 Å². The summed E-state index contributed by atoms with van der Waals surface area (Å²) in [6, 6.07) is 2.04. The van der Waals surface area contributed by atoms with E-state index in [0.29, 0.717) is 16.2 Å². The third kappa shape index (κ3) is 2.73. The summed E-state index contributed by atoms with van der Waals surface area (Å²) >= 11 is 1.00. The number of imidazole rings is 1. The van der Waals surface area contributed by atoms with Crippen LogP contribution in [-0.2, 0) is 11.8 Å². The van der Waals surface area contributed by atoms with Gasteiger partial charge in [0.15, 0.2) is 16.8 Å². The van der Waals surface area contributed by atoms with Crippen LogP contribution >= 0.6 is 24.2 Å². The van der Waals surface area contributed by atoms with E-state index in [1.165, 1.54) is 4.57 Å². The number of aryl methyl sites for hydroxylation is 1. The van der Waals surface area contributed by atoms with E-state index < -0.39 is 17.6 Å². The largest absolute Gasteiger partial charge is 0.481 e. The van der Waals surface area contributed by atoms with E-state index >= 15 is 0 Å². The number of nitrogens with zero attached hydrogens (tertiary/aromatic N) is 2. The third-order valence-electron chi connectivity index (χ3n) is 2.21. The first kappa shape index (κ1) is 14.7. The highest BCUT2D eigenvalue weighted by Gasteiger charge is 2.13. The van der Waals surface area contributed by atoms with E-state index in [0.717, 1.165) is 23.9 Å². The molecule has 4 nitrogen and oxygen atoms in total. The molecule has 0 aliphatic heterocycles. The van der Waals surface area contributed by atoms with Gasteiger partial charge in [0.1, 0.15) is 0 Å². The number of hydrogen-bond acceptors (Lipinski definition) is 3. The highest BCUT2D eigenvalue weighted by Crippen LogP contribution is 2.24. The molecule has 0 fully saturated rings. The van der Waals surface area contributed by atoms with Gasteiger partial charge < -0.3 is 9.67 Å². The lowest BCUT2D eigenvalue weighted by Crippen LogP contribution is -2.00. The van der Waals surface area contributed by atoms with Gasteiger partial charge in [-0.25, -0.2) is 13.8 Å². The maximum atomic E-state index is 13.0. The molecule has 98 valence electrons. The lowest BCUT2D eigenvalue weighted by atomic mass is 10.3. The van der Waals surface area contributed by atoms with Crippen LogP contribution < -0.4 is 0 Å². The summed E-state index contributed by atoms with van der Waals surface area (Å²) in [5, 5.41) is 8.96. The van der Waals surface area contributed by atoms with E-state index in [2.05, 4.69) is 4.98 Å². The molecule has 2 rings (SSSR count). The fraction of sp³-hybridized carbons (Fsp3) is 0.200. The summed E-state index contributed by atoms with van der Waals surface area (Å²) in [5.74, 6) is -3.04. The van der Waals surface area contributed by atoms with Crippen molar-refractivity contribution in [2.75, 3.05) is 5.75 Å². The summed E-state index contributed by atoms with van der Waals surface area (Å²) in [7, 11) is 1.62. The van der Waals surface area contributed by atoms with Gasteiger partial charge in [-0.15, -0.1) is 12.4 Å². The van der Waals surface area contributed by atoms with Crippen molar-refractivity contribution < 1.29 is 18.7 Å². The van der Waals surface area contributed by atoms with Crippen molar-refractivity contribution in [2.45, 2.75) is 5.16 Å². The number of aliphatic carboxylic acids is 1. The fourth-order valence-electron chi connectivity index (χ4n) is 1.42. The first-order valence-electron chi connectivity index (χ1n) is 4.65. The van der Waals surface area contributed by atoms with Gasteiger partial charge >= 0.3 is 5.97 Å². The van der Waals surface area contributed by atoms with Crippen LogP contribution in [0.2, 0.25) is 0 Å². The highest BCUT2D eigenvalue weighted by atomic mass is 35.5. The van der Waals surface area contributed by atoms with Gasteiger partial charge in [0.05, 0.1) is 16.8 Å². The molecule has 18 heavy (non-hydrogen) atoms. The minimum atomic E-state index is -0.973. The van der Waals surface area contributed by atoms with Crippen LogP contribution in [0.5, 0.6) is 0 Å². The van der Waals surface area contributed by atoms with Gasteiger partial charge in [0.2, 0.25) is 0 Å². The first-order valence-corrected chi connectivity index (χ1v) is 5.63. The average molecular weight is 295 g/mol. The number of carbonyl (C=O) groups is 1. The molecule has 1 N–H and O–H groups in total. The maximum Gasteiger partial charge on any atom is 0.313 e. The Morgan fingerprint density at radius 1 is 1.44 bits per heavy atom. The molecule has 1 aromatic carbocycles. The van der Waals surface area contributed by atoms with Gasteiger partial charge in [-0.05, 0) is 0 Å². The van der Waals surface area contributed by atoms with Crippen molar-refractivity contribution in [3.63, 3.8) is 0 Å². The predicted octanol–water partition coefficient (Wildman–Crippen LogP) is 2.45. The van der Waals surface area contributed by atoms with Crippen molar-refractivity contribution in [1.82, 2.24) is 9.55 Å². The number of thioether (sulfide) groups is 1. The normalized spacial score (nSPS) is 10.4. The SMILES string of the molecule is Cl.Cn1c(SCC(=O)O)nc2cc(F)c(F)cc21. The molecule has 8 heteroatoms. The third-order valence-corrected chi connectivity index (χ3v) is 3.22. The second-order valence-electron chi connectivity index (χ2n) is 3.39. The highest BCUT2D eigenvalue weighted by molar-refractivity contribution is 7.99. The number of carboxylic acid groups (broad SMARTS) is 1. The Bertz CT molecular complexity index is 603. The quantitative estimate of drug-likeness (QED) is 0.884. The standard InChI is InChI=1S/C10H8F2N2O2S.ClH/c1-14-8-3-6(12)5(11)2-7(8)13-10(14)17-4-9(15)16;/h2-3H,4H2,1H3,(H,15,16);1H. The molecule has 1 aromatic heterocycles. The number of benzene rings is 1. The van der Waals surface area contributed by atoms with Crippen LogP contribution in [0, 0.1) is 11.6 Å². The van der Waals surface area contributed by atoms with Crippen molar-refractivity contribution in [3.05, 3.63) is 23.8 Å². The zero-order valence-electron chi connectivity index (χ0n) is 9.18. The number of aromatic nitrogens is 2. The van der Waals surface area contributed by atoms with Crippen LogP contribution in [0.4, 0.5) is 8.78 Å². The minimum Gasteiger partial charge on any atom is -0.481 e. The number of halogens is 3. The Hall–Kier alpha value is -1.34. The molecule has 0 saturated carbocycles. The van der Waals surface area contributed by atoms with E-state index in [9.17, 15) is 13.6 Å². The van der Waals surface area contributed by atoms with E-state index in [4.69, 9.17) is 5.11 Å². The van der Waals surface area contributed by atoms with Crippen LogP contribution in [0.25, 0.3) is 11.0 Å². The van der Waals surface area contributed by atoms with Crippen molar-refractivity contribution >= 4 is 41.2 Å². The lowest BCUT2D eigenvalue weighted by Gasteiger charge is -1.99. The molecule has 1 heterocycles. The molecular weight excluding hydrogens is 286 g/mol. The van der Waals surface area contributed by atoms with Crippen LogP contribution in [0.3, 0.4) is 0 Å². The maximum absolute atomic E-state index is 13.0. The first-order chi connectivity index (χ1) is 7.99. The molecule has 2 aromatic rings. The Morgan fingerprint density at radius 3 is 2.67 bits per heavy atom. The Morgan fingerprint density at radius 2 is 2.06 bits per heavy atom. The molecule has 0 aliphatic rings. The van der Waals surface area contributed by atoms with Gasteiger partial charge in [0, 0.05) is 19.2 Å². The van der Waals surface area contributed by atoms with Crippen LogP contribution in [-0.4, -0.2) is 26.4 Å². The Balaban J connectivity index is 0.00000162. The minimum absolute atomic E-state index is 0. The molecule has 0 atom stereocenters. The van der Waals surface area contributed by atoms with E-state index in [-0.39, 0.29) is 18.2 Å².